The molecule has 0 spiro atoms. The lowest BCUT2D eigenvalue weighted by molar-refractivity contribution is 0.0437. The van der Waals surface area contributed by atoms with E-state index in [1.165, 1.54) is 6.42 Å². The quantitative estimate of drug-likeness (QED) is 0.810. The van der Waals surface area contributed by atoms with Crippen molar-refractivity contribution in [3.05, 3.63) is 30.1 Å². The van der Waals surface area contributed by atoms with Gasteiger partial charge in [0, 0.05) is 42.4 Å². The van der Waals surface area contributed by atoms with Crippen molar-refractivity contribution >= 4 is 0 Å². The third-order valence-electron chi connectivity index (χ3n) is 4.17. The molecule has 2 rings (SSSR count). The van der Waals surface area contributed by atoms with Gasteiger partial charge < -0.3 is 10.4 Å². The minimum absolute atomic E-state index is 0.0294. The average molecular weight is 248 g/mol. The summed E-state index contributed by atoms with van der Waals surface area (Å²) in [6.45, 7) is 6.53. The summed E-state index contributed by atoms with van der Waals surface area (Å²) in [7, 11) is 0. The minimum Gasteiger partial charge on any atom is -0.396 e. The van der Waals surface area contributed by atoms with Crippen molar-refractivity contribution in [3.63, 3.8) is 0 Å². The van der Waals surface area contributed by atoms with Crippen molar-refractivity contribution in [2.24, 2.45) is 5.41 Å². The maximum Gasteiger partial charge on any atom is 0.0499 e. The van der Waals surface area contributed by atoms with Crippen LogP contribution in [0.4, 0.5) is 0 Å². The molecule has 1 aliphatic carbocycles. The number of hydrogen-bond donors (Lipinski definition) is 2. The van der Waals surface area contributed by atoms with Crippen LogP contribution in [-0.4, -0.2) is 29.8 Å². The van der Waals surface area contributed by atoms with E-state index in [1.807, 2.05) is 18.3 Å². The smallest absolute Gasteiger partial charge is 0.0499 e. The lowest BCUT2D eigenvalue weighted by atomic mass is 9.69. The van der Waals surface area contributed by atoms with Crippen molar-refractivity contribution in [1.29, 1.82) is 0 Å². The highest BCUT2D eigenvalue weighted by molar-refractivity contribution is 5.15. The van der Waals surface area contributed by atoms with Crippen molar-refractivity contribution in [2.45, 2.75) is 38.5 Å². The molecular weight excluding hydrogens is 224 g/mol. The highest BCUT2D eigenvalue weighted by Crippen LogP contribution is 2.39. The van der Waals surface area contributed by atoms with E-state index in [-0.39, 0.29) is 10.8 Å². The molecule has 0 radical (unpaired) electrons. The molecule has 0 aromatic carbocycles. The number of nitrogens with zero attached hydrogens (tertiary/aromatic N) is 1. The molecule has 0 unspecified atom stereocenters. The lowest BCUT2D eigenvalue weighted by Crippen LogP contribution is -2.45. The van der Waals surface area contributed by atoms with Gasteiger partial charge >= 0.3 is 0 Å². The van der Waals surface area contributed by atoms with Gasteiger partial charge in [-0.25, -0.2) is 0 Å². The standard InChI is InChI=1S/C15H24N2O/c1-14(2,13-6-3-4-9-17-13)10-16-11-15(12-18)7-5-8-15/h3-4,6,9,16,18H,5,7-8,10-12H2,1-2H3. The molecule has 2 N–H and O–H groups in total. The molecule has 0 atom stereocenters. The van der Waals surface area contributed by atoms with Gasteiger partial charge in [-0.1, -0.05) is 26.3 Å². The van der Waals surface area contributed by atoms with Crippen molar-refractivity contribution < 1.29 is 5.11 Å². The second kappa shape index (κ2) is 5.37. The molecular formula is C15H24N2O. The van der Waals surface area contributed by atoms with E-state index in [2.05, 4.69) is 30.2 Å². The van der Waals surface area contributed by atoms with Crippen LogP contribution in [0.15, 0.2) is 24.4 Å². The summed E-state index contributed by atoms with van der Waals surface area (Å²) in [5.74, 6) is 0. The first-order chi connectivity index (χ1) is 8.58. The number of rotatable bonds is 6. The van der Waals surface area contributed by atoms with Gasteiger partial charge in [0.2, 0.25) is 0 Å². The predicted octanol–water partition coefficient (Wildman–Crippen LogP) is 2.11. The zero-order valence-corrected chi connectivity index (χ0v) is 11.4. The number of aromatic nitrogens is 1. The average Bonchev–Trinajstić information content (AvgIpc) is 2.34. The lowest BCUT2D eigenvalue weighted by Gasteiger charge is -2.41. The number of aliphatic hydroxyl groups is 1. The molecule has 100 valence electrons. The zero-order valence-electron chi connectivity index (χ0n) is 11.4. The zero-order chi connectivity index (χ0) is 13.1. The fraction of sp³-hybridized carbons (Fsp3) is 0.667. The van der Waals surface area contributed by atoms with Crippen LogP contribution in [0.3, 0.4) is 0 Å². The van der Waals surface area contributed by atoms with Gasteiger partial charge in [0.1, 0.15) is 0 Å². The second-order valence-electron chi connectivity index (χ2n) is 6.21. The number of aliphatic hydroxyl groups excluding tert-OH is 1. The number of hydrogen-bond acceptors (Lipinski definition) is 3. The third kappa shape index (κ3) is 2.90. The Hall–Kier alpha value is -0.930. The van der Waals surface area contributed by atoms with Gasteiger partial charge in [-0.15, -0.1) is 0 Å². The summed E-state index contributed by atoms with van der Waals surface area (Å²) < 4.78 is 0. The van der Waals surface area contributed by atoms with Gasteiger partial charge in [0.15, 0.2) is 0 Å². The highest BCUT2D eigenvalue weighted by Gasteiger charge is 2.36. The molecule has 1 fully saturated rings. The van der Waals surface area contributed by atoms with E-state index >= 15 is 0 Å². The summed E-state index contributed by atoms with van der Waals surface area (Å²) in [6.07, 6.45) is 5.41. The van der Waals surface area contributed by atoms with Gasteiger partial charge in [0.25, 0.3) is 0 Å². The Morgan fingerprint density at radius 2 is 2.17 bits per heavy atom. The van der Waals surface area contributed by atoms with Crippen molar-refractivity contribution in [1.82, 2.24) is 10.3 Å². The summed E-state index contributed by atoms with van der Waals surface area (Å²) in [4.78, 5) is 4.43. The Bertz CT molecular complexity index is 366. The van der Waals surface area contributed by atoms with Crippen molar-refractivity contribution in [2.75, 3.05) is 19.7 Å². The third-order valence-corrected chi connectivity index (χ3v) is 4.17. The van der Waals surface area contributed by atoms with Gasteiger partial charge in [-0.05, 0) is 25.0 Å². The molecule has 18 heavy (non-hydrogen) atoms. The Labute approximate surface area is 110 Å². The van der Waals surface area contributed by atoms with E-state index in [4.69, 9.17) is 0 Å². The van der Waals surface area contributed by atoms with Gasteiger partial charge in [-0.2, -0.15) is 0 Å². The van der Waals surface area contributed by atoms with E-state index in [0.717, 1.165) is 31.6 Å². The fourth-order valence-corrected chi connectivity index (χ4v) is 2.56. The summed E-state index contributed by atoms with van der Waals surface area (Å²) in [5.41, 5.74) is 1.30. The van der Waals surface area contributed by atoms with Gasteiger partial charge in [0.05, 0.1) is 0 Å². The molecule has 0 bridgehead atoms. The number of pyridine rings is 1. The SMILES string of the molecule is CC(C)(CNCC1(CO)CCC1)c1ccccn1. The molecule has 0 amide bonds. The molecule has 0 aliphatic heterocycles. The Morgan fingerprint density at radius 1 is 1.39 bits per heavy atom. The van der Waals surface area contributed by atoms with E-state index in [0.29, 0.717) is 6.61 Å². The van der Waals surface area contributed by atoms with Crippen molar-refractivity contribution in [3.8, 4) is 0 Å². The predicted molar refractivity (Wildman–Crippen MR) is 73.5 cm³/mol. The summed E-state index contributed by atoms with van der Waals surface area (Å²) in [5, 5.41) is 12.9. The Morgan fingerprint density at radius 3 is 2.67 bits per heavy atom. The first-order valence-corrected chi connectivity index (χ1v) is 6.81. The van der Waals surface area contributed by atoms with E-state index < -0.39 is 0 Å². The minimum atomic E-state index is 0.0294. The molecule has 3 nitrogen and oxygen atoms in total. The normalized spacial score (nSPS) is 18.4. The monoisotopic (exact) mass is 248 g/mol. The van der Waals surface area contributed by atoms with Crippen LogP contribution in [0, 0.1) is 5.41 Å². The van der Waals surface area contributed by atoms with E-state index in [1.54, 1.807) is 0 Å². The Balaban J connectivity index is 1.86. The maximum atomic E-state index is 9.43. The van der Waals surface area contributed by atoms with Gasteiger partial charge in [-0.3, -0.25) is 4.98 Å². The van der Waals surface area contributed by atoms with Crippen LogP contribution < -0.4 is 5.32 Å². The molecule has 1 heterocycles. The highest BCUT2D eigenvalue weighted by atomic mass is 16.3. The van der Waals surface area contributed by atoms with Crippen LogP contribution in [0.5, 0.6) is 0 Å². The van der Waals surface area contributed by atoms with Crippen LogP contribution in [0.2, 0.25) is 0 Å². The number of nitrogens with one attached hydrogen (secondary N) is 1. The maximum absolute atomic E-state index is 9.43. The fourth-order valence-electron chi connectivity index (χ4n) is 2.56. The molecule has 1 aliphatic rings. The first-order valence-electron chi connectivity index (χ1n) is 6.81. The molecule has 0 saturated heterocycles. The Kier molecular flexibility index (Phi) is 4.03. The van der Waals surface area contributed by atoms with Crippen LogP contribution in [0.1, 0.15) is 38.8 Å². The molecule has 3 heteroatoms. The summed E-state index contributed by atoms with van der Waals surface area (Å²) >= 11 is 0. The van der Waals surface area contributed by atoms with Crippen LogP contribution >= 0.6 is 0 Å². The molecule has 1 aromatic rings. The van der Waals surface area contributed by atoms with Crippen LogP contribution in [0.25, 0.3) is 0 Å². The largest absolute Gasteiger partial charge is 0.396 e. The molecule has 1 saturated carbocycles. The topological polar surface area (TPSA) is 45.1 Å². The first kappa shape index (κ1) is 13.5. The molecule has 1 aromatic heterocycles. The van der Waals surface area contributed by atoms with Crippen LogP contribution in [-0.2, 0) is 5.41 Å². The summed E-state index contributed by atoms with van der Waals surface area (Å²) in [6, 6.07) is 6.06. The second-order valence-corrected chi connectivity index (χ2v) is 6.21. The van der Waals surface area contributed by atoms with E-state index in [9.17, 15) is 5.11 Å².